The molecule has 4 aliphatic carbocycles. The van der Waals surface area contributed by atoms with Crippen molar-refractivity contribution in [2.24, 2.45) is 35.0 Å². The monoisotopic (exact) mass is 736 g/mol. The van der Waals surface area contributed by atoms with Gasteiger partial charge in [-0.3, -0.25) is 4.79 Å². The quantitative estimate of drug-likeness (QED) is 0.136. The van der Waals surface area contributed by atoms with Crippen molar-refractivity contribution in [3.05, 3.63) is 23.8 Å². The lowest BCUT2D eigenvalue weighted by Gasteiger charge is -2.55. The summed E-state index contributed by atoms with van der Waals surface area (Å²) in [6.45, 7) is 9.59. The molecule has 4 saturated carbocycles. The standard InChI is InChI=1S/C38H56O14/c1-17-23(20-12-28(41)47-16-20)9-11-38(45)24-7-6-21-13-22(8-10-37(21,4)26(24)14-25(17)38)50-36-34(49-19(3)40)33(46-5)32(18(2)48-36)52-35-31(44)30(43)29(42)27(15-39)51-35/h12,18,21-27,29-36,39,42-45H,1,6-11,13-16H2,2-5H3/t18-,21+,22-,23-,24+,25+,26-,27+,29+,30-,31+,32-,33+,34-,35-,36-,37-,38-/m0/s1. The summed E-state index contributed by atoms with van der Waals surface area (Å²) in [5.41, 5.74) is 1.21. The van der Waals surface area contributed by atoms with E-state index >= 15 is 0 Å². The molecular formula is C38H56O14. The van der Waals surface area contributed by atoms with E-state index in [1.807, 2.05) is 0 Å². The van der Waals surface area contributed by atoms with Crippen LogP contribution in [0.1, 0.15) is 72.1 Å². The van der Waals surface area contributed by atoms with E-state index in [1.54, 1.807) is 13.0 Å². The lowest BCUT2D eigenvalue weighted by atomic mass is 9.51. The van der Waals surface area contributed by atoms with Crippen molar-refractivity contribution in [2.45, 2.75) is 145 Å². The van der Waals surface area contributed by atoms with Gasteiger partial charge in [0.2, 0.25) is 0 Å². The normalized spacial score (nSPS) is 50.4. The number of esters is 2. The molecule has 0 aromatic rings. The molecule has 0 bridgehead atoms. The summed E-state index contributed by atoms with van der Waals surface area (Å²) in [5, 5.41) is 53.1. The minimum atomic E-state index is -1.63. The minimum Gasteiger partial charge on any atom is -0.458 e. The Balaban J connectivity index is 1.03. The molecule has 5 N–H and O–H groups in total. The Morgan fingerprint density at radius 3 is 2.40 bits per heavy atom. The Hall–Kier alpha value is -1.98. The molecule has 6 fully saturated rings. The number of hydrogen-bond donors (Lipinski definition) is 5. The van der Waals surface area contributed by atoms with Crippen LogP contribution in [0.25, 0.3) is 0 Å². The van der Waals surface area contributed by atoms with Crippen LogP contribution in [0.5, 0.6) is 0 Å². The first-order chi connectivity index (χ1) is 24.7. The summed E-state index contributed by atoms with van der Waals surface area (Å²) < 4.78 is 41.4. The molecule has 0 unspecified atom stereocenters. The van der Waals surface area contributed by atoms with Crippen LogP contribution in [0.15, 0.2) is 23.8 Å². The number of fused-ring (bicyclic) bond motifs is 5. The maximum Gasteiger partial charge on any atom is 0.331 e. The highest BCUT2D eigenvalue weighted by Gasteiger charge is 2.65. The van der Waals surface area contributed by atoms with Crippen molar-refractivity contribution in [1.29, 1.82) is 0 Å². The number of carbonyl (C=O) groups excluding carboxylic acids is 2. The van der Waals surface area contributed by atoms with Crippen LogP contribution in [0.2, 0.25) is 0 Å². The molecule has 292 valence electrons. The Bertz CT molecular complexity index is 1400. The Kier molecular flexibility index (Phi) is 10.7. The maximum atomic E-state index is 12.4. The zero-order chi connectivity index (χ0) is 37.3. The fourth-order valence-electron chi connectivity index (χ4n) is 11.3. The first-order valence-electron chi connectivity index (χ1n) is 18.9. The molecule has 18 atom stereocenters. The second kappa shape index (κ2) is 14.6. The molecule has 7 aliphatic rings. The first-order valence-corrected chi connectivity index (χ1v) is 18.9. The predicted octanol–water partition coefficient (Wildman–Crippen LogP) is 1.28. The van der Waals surface area contributed by atoms with Gasteiger partial charge in [0.25, 0.3) is 0 Å². The SMILES string of the molecule is C=C1[C@@H](C2=CC(=O)OC2)CC[C@@]2(O)[C@@H]1C[C@H]1[C@H]2CC[C@@H]2C[C@@H](O[C@@H]3O[C@@H](C)[C@H](O[C@@H]4O[C@H](CO)[C@@H](O)[C@H](O)[C@H]4O)[C@@H](OC)[C@@H]3OC(C)=O)CC[C@@]21C. The van der Waals surface area contributed by atoms with Crippen molar-refractivity contribution in [1.82, 2.24) is 0 Å². The fourth-order valence-corrected chi connectivity index (χ4v) is 11.3. The third kappa shape index (κ3) is 6.48. The van der Waals surface area contributed by atoms with Gasteiger partial charge in [-0.1, -0.05) is 19.1 Å². The first kappa shape index (κ1) is 38.3. The highest BCUT2D eigenvalue weighted by Crippen LogP contribution is 2.67. The highest BCUT2D eigenvalue weighted by molar-refractivity contribution is 5.85. The third-order valence-corrected chi connectivity index (χ3v) is 14.0. The van der Waals surface area contributed by atoms with Crippen molar-refractivity contribution < 1.29 is 68.3 Å². The number of aliphatic hydroxyl groups excluding tert-OH is 4. The molecule has 7 rings (SSSR count). The van der Waals surface area contributed by atoms with Crippen LogP contribution >= 0.6 is 0 Å². The summed E-state index contributed by atoms with van der Waals surface area (Å²) in [5.74, 6) is 0.0166. The molecule has 0 radical (unpaired) electrons. The molecule has 0 amide bonds. The van der Waals surface area contributed by atoms with E-state index in [0.717, 1.165) is 56.1 Å². The van der Waals surface area contributed by atoms with Crippen molar-refractivity contribution in [3.8, 4) is 0 Å². The molecule has 52 heavy (non-hydrogen) atoms. The van der Waals surface area contributed by atoms with E-state index in [2.05, 4.69) is 13.5 Å². The van der Waals surface area contributed by atoms with Gasteiger partial charge in [-0.15, -0.1) is 0 Å². The highest BCUT2D eigenvalue weighted by atomic mass is 16.8. The Morgan fingerprint density at radius 2 is 1.73 bits per heavy atom. The molecule has 2 saturated heterocycles. The van der Waals surface area contributed by atoms with Crippen LogP contribution in [-0.2, 0) is 42.7 Å². The third-order valence-electron chi connectivity index (χ3n) is 14.0. The van der Waals surface area contributed by atoms with Crippen molar-refractivity contribution in [2.75, 3.05) is 20.3 Å². The van der Waals surface area contributed by atoms with Crippen LogP contribution in [0.3, 0.4) is 0 Å². The van der Waals surface area contributed by atoms with Gasteiger partial charge >= 0.3 is 11.9 Å². The summed E-state index contributed by atoms with van der Waals surface area (Å²) in [6, 6.07) is 0. The maximum absolute atomic E-state index is 12.4. The largest absolute Gasteiger partial charge is 0.458 e. The van der Waals surface area contributed by atoms with E-state index < -0.39 is 79.6 Å². The van der Waals surface area contributed by atoms with E-state index in [-0.39, 0.29) is 35.2 Å². The summed E-state index contributed by atoms with van der Waals surface area (Å²) >= 11 is 0. The zero-order valence-electron chi connectivity index (χ0n) is 30.5. The van der Waals surface area contributed by atoms with E-state index in [1.165, 1.54) is 14.0 Å². The minimum absolute atomic E-state index is 0.00721. The molecule has 0 aromatic carbocycles. The van der Waals surface area contributed by atoms with Crippen LogP contribution < -0.4 is 0 Å². The number of rotatable bonds is 8. The molecule has 3 heterocycles. The van der Waals surface area contributed by atoms with Gasteiger partial charge in [0.05, 0.1) is 24.4 Å². The second-order valence-electron chi connectivity index (χ2n) is 16.6. The van der Waals surface area contributed by atoms with Gasteiger partial charge in [-0.05, 0) is 87.0 Å². The van der Waals surface area contributed by atoms with E-state index in [4.69, 9.17) is 33.2 Å². The lowest BCUT2D eigenvalue weighted by molar-refractivity contribution is -0.362. The molecule has 3 aliphatic heterocycles. The van der Waals surface area contributed by atoms with Gasteiger partial charge in [-0.25, -0.2) is 4.79 Å². The van der Waals surface area contributed by atoms with Crippen LogP contribution in [-0.4, -0.2) is 131 Å². The summed E-state index contributed by atoms with van der Waals surface area (Å²) in [7, 11) is 1.44. The Labute approximate surface area is 304 Å². The number of cyclic esters (lactones) is 1. The molecule has 14 nitrogen and oxygen atoms in total. The average Bonchev–Trinajstić information content (AvgIpc) is 3.68. The van der Waals surface area contributed by atoms with E-state index in [9.17, 15) is 35.1 Å². The smallest absolute Gasteiger partial charge is 0.331 e. The molecule has 0 spiro atoms. The van der Waals surface area contributed by atoms with Crippen LogP contribution in [0, 0.1) is 35.0 Å². The van der Waals surface area contributed by atoms with Crippen molar-refractivity contribution >= 4 is 11.9 Å². The number of methoxy groups -OCH3 is 1. The van der Waals surface area contributed by atoms with Crippen molar-refractivity contribution in [3.63, 3.8) is 0 Å². The predicted molar refractivity (Wildman–Crippen MR) is 180 cm³/mol. The zero-order valence-corrected chi connectivity index (χ0v) is 30.5. The number of carbonyl (C=O) groups is 2. The van der Waals surface area contributed by atoms with Gasteiger partial charge in [0.1, 0.15) is 43.2 Å². The topological polar surface area (TPSA) is 200 Å². The lowest BCUT2D eigenvalue weighted by Crippen LogP contribution is -2.65. The Morgan fingerprint density at radius 1 is 0.962 bits per heavy atom. The summed E-state index contributed by atoms with van der Waals surface area (Å²) in [6.07, 6.45) is -3.97. The molecular weight excluding hydrogens is 680 g/mol. The van der Waals surface area contributed by atoms with Gasteiger partial charge in [0.15, 0.2) is 18.7 Å². The van der Waals surface area contributed by atoms with Gasteiger partial charge < -0.3 is 58.7 Å². The number of ether oxygens (including phenoxy) is 7. The summed E-state index contributed by atoms with van der Waals surface area (Å²) in [4.78, 5) is 24.2. The van der Waals surface area contributed by atoms with Gasteiger partial charge in [-0.2, -0.15) is 0 Å². The van der Waals surface area contributed by atoms with E-state index in [0.29, 0.717) is 24.9 Å². The van der Waals surface area contributed by atoms with Crippen LogP contribution in [0.4, 0.5) is 0 Å². The molecule has 0 aromatic heterocycles. The molecule has 14 heteroatoms. The number of aliphatic hydroxyl groups is 5. The number of hydrogen-bond acceptors (Lipinski definition) is 14. The fraction of sp³-hybridized carbons (Fsp3) is 0.842. The van der Waals surface area contributed by atoms with Gasteiger partial charge in [0, 0.05) is 31.9 Å². The average molecular weight is 737 g/mol. The second-order valence-corrected chi connectivity index (χ2v) is 16.6.